The van der Waals surface area contributed by atoms with Crippen molar-refractivity contribution in [2.75, 3.05) is 37.6 Å². The first-order chi connectivity index (χ1) is 10.8. The first-order valence-corrected chi connectivity index (χ1v) is 7.94. The van der Waals surface area contributed by atoms with E-state index in [9.17, 15) is 5.11 Å². The summed E-state index contributed by atoms with van der Waals surface area (Å²) < 4.78 is 0. The van der Waals surface area contributed by atoms with Crippen LogP contribution in [0.4, 0.5) is 5.82 Å². The number of aliphatic hydroxyl groups is 1. The van der Waals surface area contributed by atoms with Gasteiger partial charge in [0.2, 0.25) is 0 Å². The fourth-order valence-corrected chi connectivity index (χ4v) is 2.87. The van der Waals surface area contributed by atoms with Gasteiger partial charge in [-0.1, -0.05) is 43.3 Å². The van der Waals surface area contributed by atoms with Crippen molar-refractivity contribution in [1.82, 2.24) is 9.88 Å². The summed E-state index contributed by atoms with van der Waals surface area (Å²) in [7, 11) is 0. The molecule has 1 aliphatic heterocycles. The van der Waals surface area contributed by atoms with Gasteiger partial charge in [-0.2, -0.15) is 0 Å². The predicted octanol–water partition coefficient (Wildman–Crippen LogP) is 2.31. The average molecular weight is 297 g/mol. The molecular formula is C18H23N3O. The van der Waals surface area contributed by atoms with Gasteiger partial charge in [-0.05, 0) is 18.2 Å². The quantitative estimate of drug-likeness (QED) is 0.940. The molecule has 116 valence electrons. The Morgan fingerprint density at radius 2 is 1.73 bits per heavy atom. The summed E-state index contributed by atoms with van der Waals surface area (Å²) in [5, 5.41) is 10.4. The second kappa shape index (κ2) is 6.90. The van der Waals surface area contributed by atoms with Crippen LogP contribution in [-0.2, 0) is 0 Å². The van der Waals surface area contributed by atoms with Crippen molar-refractivity contribution >= 4 is 5.82 Å². The Bertz CT molecular complexity index is 577. The zero-order valence-corrected chi connectivity index (χ0v) is 13.0. The van der Waals surface area contributed by atoms with Crippen LogP contribution >= 0.6 is 0 Å². The number of benzene rings is 1. The fourth-order valence-electron chi connectivity index (χ4n) is 2.87. The number of pyridine rings is 1. The van der Waals surface area contributed by atoms with Crippen molar-refractivity contribution in [2.45, 2.75) is 13.0 Å². The van der Waals surface area contributed by atoms with E-state index in [2.05, 4.69) is 21.7 Å². The zero-order valence-electron chi connectivity index (χ0n) is 13.0. The molecule has 0 aliphatic carbocycles. The molecule has 1 saturated heterocycles. The Labute approximate surface area is 132 Å². The van der Waals surface area contributed by atoms with Crippen LogP contribution in [0, 0.1) is 0 Å². The molecule has 2 aromatic rings. The van der Waals surface area contributed by atoms with E-state index in [0.717, 1.165) is 49.7 Å². The highest BCUT2D eigenvalue weighted by atomic mass is 16.3. The van der Waals surface area contributed by atoms with Gasteiger partial charge in [0.05, 0.1) is 0 Å². The molecule has 1 aromatic carbocycles. The fraction of sp³-hybridized carbons (Fsp3) is 0.389. The summed E-state index contributed by atoms with van der Waals surface area (Å²) >= 11 is 0. The lowest BCUT2D eigenvalue weighted by Gasteiger charge is -2.34. The number of aromatic nitrogens is 1. The maximum atomic E-state index is 10.4. The third-order valence-corrected chi connectivity index (χ3v) is 4.35. The number of likely N-dealkylation sites (N-methyl/N-ethyl adjacent to an activating group) is 1. The van der Waals surface area contributed by atoms with E-state index >= 15 is 0 Å². The largest absolute Gasteiger partial charge is 0.384 e. The molecule has 0 spiro atoms. The molecule has 3 rings (SSSR count). The molecule has 1 aliphatic rings. The second-order valence-corrected chi connectivity index (χ2v) is 5.68. The first-order valence-electron chi connectivity index (χ1n) is 7.94. The van der Waals surface area contributed by atoms with Crippen LogP contribution in [0.1, 0.15) is 24.2 Å². The number of piperazine rings is 1. The summed E-state index contributed by atoms with van der Waals surface area (Å²) in [5.74, 6) is 1.000. The van der Waals surface area contributed by atoms with Crippen molar-refractivity contribution in [3.05, 3.63) is 59.8 Å². The smallest absolute Gasteiger partial charge is 0.128 e. The topological polar surface area (TPSA) is 39.6 Å². The van der Waals surface area contributed by atoms with Crippen LogP contribution in [0.2, 0.25) is 0 Å². The number of anilines is 1. The van der Waals surface area contributed by atoms with Gasteiger partial charge in [0.25, 0.3) is 0 Å². The van der Waals surface area contributed by atoms with E-state index in [0.29, 0.717) is 0 Å². The summed E-state index contributed by atoms with van der Waals surface area (Å²) in [6.07, 6.45) is 1.18. The Morgan fingerprint density at radius 1 is 1.00 bits per heavy atom. The molecule has 4 heteroatoms. The predicted molar refractivity (Wildman–Crippen MR) is 89.1 cm³/mol. The molecule has 1 atom stereocenters. The van der Waals surface area contributed by atoms with Crippen molar-refractivity contribution in [2.24, 2.45) is 0 Å². The summed E-state index contributed by atoms with van der Waals surface area (Å²) in [4.78, 5) is 9.31. The van der Waals surface area contributed by atoms with E-state index in [-0.39, 0.29) is 0 Å². The maximum Gasteiger partial charge on any atom is 0.128 e. The van der Waals surface area contributed by atoms with Gasteiger partial charge in [-0.25, -0.2) is 4.98 Å². The monoisotopic (exact) mass is 297 g/mol. The molecule has 1 aromatic heterocycles. The minimum absolute atomic E-state index is 0.611. The third kappa shape index (κ3) is 3.29. The van der Waals surface area contributed by atoms with Crippen molar-refractivity contribution in [3.63, 3.8) is 0 Å². The maximum absolute atomic E-state index is 10.4. The number of hydrogen-bond donors (Lipinski definition) is 1. The molecule has 22 heavy (non-hydrogen) atoms. The van der Waals surface area contributed by atoms with E-state index in [1.54, 1.807) is 6.20 Å². The zero-order chi connectivity index (χ0) is 15.4. The molecular weight excluding hydrogens is 274 g/mol. The van der Waals surface area contributed by atoms with Gasteiger partial charge in [0.15, 0.2) is 0 Å². The van der Waals surface area contributed by atoms with E-state index in [4.69, 9.17) is 0 Å². The van der Waals surface area contributed by atoms with Crippen LogP contribution in [0.3, 0.4) is 0 Å². The van der Waals surface area contributed by atoms with Crippen LogP contribution < -0.4 is 4.90 Å². The van der Waals surface area contributed by atoms with E-state index in [1.165, 1.54) is 0 Å². The van der Waals surface area contributed by atoms with Crippen molar-refractivity contribution in [3.8, 4) is 0 Å². The summed E-state index contributed by atoms with van der Waals surface area (Å²) in [5.41, 5.74) is 1.73. The van der Waals surface area contributed by atoms with Crippen LogP contribution in [0.5, 0.6) is 0 Å². The summed E-state index contributed by atoms with van der Waals surface area (Å²) in [6, 6.07) is 13.7. The van der Waals surface area contributed by atoms with Gasteiger partial charge < -0.3 is 14.9 Å². The van der Waals surface area contributed by atoms with Crippen molar-refractivity contribution < 1.29 is 5.11 Å². The highest BCUT2D eigenvalue weighted by molar-refractivity contribution is 5.41. The first kappa shape index (κ1) is 15.0. The SMILES string of the molecule is CCN1CCN(c2ccc([C@@H](O)c3ccccc3)cn2)CC1. The van der Waals surface area contributed by atoms with Gasteiger partial charge >= 0.3 is 0 Å². The highest BCUT2D eigenvalue weighted by Crippen LogP contribution is 2.23. The van der Waals surface area contributed by atoms with E-state index < -0.39 is 6.10 Å². The van der Waals surface area contributed by atoms with Gasteiger partial charge in [0, 0.05) is 37.9 Å². The Kier molecular flexibility index (Phi) is 4.71. The van der Waals surface area contributed by atoms with Gasteiger partial charge in [-0.15, -0.1) is 0 Å². The number of nitrogens with zero attached hydrogens (tertiary/aromatic N) is 3. The normalized spacial score (nSPS) is 17.5. The summed E-state index contributed by atoms with van der Waals surface area (Å²) in [6.45, 7) is 7.53. The molecule has 0 unspecified atom stereocenters. The Hall–Kier alpha value is -1.91. The Morgan fingerprint density at radius 3 is 2.32 bits per heavy atom. The molecule has 1 N–H and O–H groups in total. The molecule has 4 nitrogen and oxygen atoms in total. The van der Waals surface area contributed by atoms with Crippen molar-refractivity contribution in [1.29, 1.82) is 0 Å². The van der Waals surface area contributed by atoms with Crippen LogP contribution in [0.15, 0.2) is 48.7 Å². The molecule has 2 heterocycles. The van der Waals surface area contributed by atoms with E-state index in [1.807, 2.05) is 42.5 Å². The molecule has 0 amide bonds. The van der Waals surface area contributed by atoms with Crippen LogP contribution in [-0.4, -0.2) is 47.7 Å². The minimum atomic E-state index is -0.611. The number of hydrogen-bond acceptors (Lipinski definition) is 4. The van der Waals surface area contributed by atoms with Gasteiger partial charge in [-0.3, -0.25) is 0 Å². The third-order valence-electron chi connectivity index (χ3n) is 4.35. The lowest BCUT2D eigenvalue weighted by molar-refractivity contribution is 0.220. The molecule has 0 bridgehead atoms. The number of aliphatic hydroxyl groups excluding tert-OH is 1. The standard InChI is InChI=1S/C18H23N3O/c1-2-20-10-12-21(13-11-20)17-9-8-16(14-19-17)18(22)15-6-4-3-5-7-15/h3-9,14,18,22H,2,10-13H2,1H3/t18-/m0/s1. The molecule has 0 saturated carbocycles. The minimum Gasteiger partial charge on any atom is -0.384 e. The lowest BCUT2D eigenvalue weighted by Crippen LogP contribution is -2.46. The molecule has 1 fully saturated rings. The average Bonchev–Trinajstić information content (AvgIpc) is 2.62. The second-order valence-electron chi connectivity index (χ2n) is 5.68. The lowest BCUT2D eigenvalue weighted by atomic mass is 10.0. The Balaban J connectivity index is 1.68. The number of rotatable bonds is 4. The molecule has 0 radical (unpaired) electrons. The van der Waals surface area contributed by atoms with Gasteiger partial charge in [0.1, 0.15) is 11.9 Å². The van der Waals surface area contributed by atoms with Crippen LogP contribution in [0.25, 0.3) is 0 Å². The highest BCUT2D eigenvalue weighted by Gasteiger charge is 2.17.